The zero-order valence-electron chi connectivity index (χ0n) is 20.1. The molecule has 2 aromatic rings. The number of alkyl halides is 3. The lowest BCUT2D eigenvalue weighted by molar-refractivity contribution is -0.137. The lowest BCUT2D eigenvalue weighted by Crippen LogP contribution is -2.49. The normalized spacial score (nSPS) is 20.1. The van der Waals surface area contributed by atoms with E-state index in [-0.39, 0.29) is 18.0 Å². The summed E-state index contributed by atoms with van der Waals surface area (Å²) in [4.78, 5) is 9.40. The summed E-state index contributed by atoms with van der Waals surface area (Å²) in [6.45, 7) is 3.41. The van der Waals surface area contributed by atoms with Crippen molar-refractivity contribution in [2.45, 2.75) is 44.1 Å². The molecular weight excluding hydrogens is 503 g/mol. The van der Waals surface area contributed by atoms with Crippen molar-refractivity contribution in [1.29, 1.82) is 10.5 Å². The van der Waals surface area contributed by atoms with Gasteiger partial charge >= 0.3 is 6.18 Å². The molecule has 0 spiro atoms. The van der Waals surface area contributed by atoms with Gasteiger partial charge in [-0.1, -0.05) is 12.2 Å². The second kappa shape index (κ2) is 11.8. The van der Waals surface area contributed by atoms with Gasteiger partial charge in [-0.2, -0.15) is 23.7 Å². The van der Waals surface area contributed by atoms with Gasteiger partial charge in [-0.15, -0.1) is 0 Å². The van der Waals surface area contributed by atoms with Gasteiger partial charge in [0.15, 0.2) is 0 Å². The number of nitriles is 2. The summed E-state index contributed by atoms with van der Waals surface area (Å²) in [7, 11) is 0. The van der Waals surface area contributed by atoms with Crippen LogP contribution in [0.25, 0.3) is 0 Å². The number of hydrogen-bond donors (Lipinski definition) is 0. The van der Waals surface area contributed by atoms with Crippen LogP contribution in [0, 0.1) is 22.7 Å². The maximum atomic E-state index is 13.2. The predicted octanol–water partition coefficient (Wildman–Crippen LogP) is 4.70. The quantitative estimate of drug-likeness (QED) is 0.498. The Balaban J connectivity index is 1.19. The highest BCUT2D eigenvalue weighted by Crippen LogP contribution is 2.35. The summed E-state index contributed by atoms with van der Waals surface area (Å²) < 4.78 is 51.4. The fourth-order valence-corrected chi connectivity index (χ4v) is 4.79. The van der Waals surface area contributed by atoms with E-state index in [9.17, 15) is 13.2 Å². The van der Waals surface area contributed by atoms with Gasteiger partial charge in [-0.25, -0.2) is 4.98 Å². The lowest BCUT2D eigenvalue weighted by Gasteiger charge is -2.37. The molecule has 1 aromatic carbocycles. The van der Waals surface area contributed by atoms with Crippen LogP contribution in [-0.4, -0.2) is 59.9 Å². The number of pyridine rings is 1. The maximum Gasteiger partial charge on any atom is 0.417 e. The van der Waals surface area contributed by atoms with Gasteiger partial charge in [0, 0.05) is 32.4 Å². The fraction of sp³-hybridized carbons (Fsp3) is 0.462. The number of piperazine rings is 1. The molecule has 0 bridgehead atoms. The van der Waals surface area contributed by atoms with Gasteiger partial charge < -0.3 is 19.3 Å². The highest BCUT2D eigenvalue weighted by atomic mass is 32.1. The molecule has 1 aliphatic carbocycles. The number of benzene rings is 1. The number of halogens is 3. The topological polar surface area (TPSA) is 85.4 Å². The number of ether oxygens (including phenoxy) is 2. The van der Waals surface area contributed by atoms with Crippen molar-refractivity contribution in [1.82, 2.24) is 9.88 Å². The summed E-state index contributed by atoms with van der Waals surface area (Å²) in [6, 6.07) is 10.7. The fourth-order valence-electron chi connectivity index (χ4n) is 4.54. The van der Waals surface area contributed by atoms with E-state index in [4.69, 9.17) is 32.2 Å². The number of anilines is 1. The number of thiocarbonyl (C=S) groups is 1. The molecule has 0 amide bonds. The van der Waals surface area contributed by atoms with E-state index in [2.05, 4.69) is 20.9 Å². The van der Waals surface area contributed by atoms with Gasteiger partial charge in [-0.05, 0) is 56.0 Å². The van der Waals surface area contributed by atoms with E-state index in [1.54, 1.807) is 18.3 Å². The molecular formula is C26H26F3N5O2S. The first kappa shape index (κ1) is 26.6. The zero-order chi connectivity index (χ0) is 26.4. The first-order chi connectivity index (χ1) is 17.8. The molecule has 1 saturated carbocycles. The summed E-state index contributed by atoms with van der Waals surface area (Å²) in [5.74, 6) is 0.961. The van der Waals surface area contributed by atoms with Crippen molar-refractivity contribution in [3.63, 3.8) is 0 Å². The highest BCUT2D eigenvalue weighted by Gasteiger charge is 2.34. The SMILES string of the molecule is N#Cc1ccc(N2CCN(C(=S)CO[C@H]3CC[C@H](Oc4ccc(C#N)c(C(F)(F)F)c4)CC3)CC2)nc1. The number of rotatable bonds is 6. The van der Waals surface area contributed by atoms with Crippen molar-refractivity contribution >= 4 is 23.0 Å². The van der Waals surface area contributed by atoms with E-state index in [0.29, 0.717) is 25.0 Å². The van der Waals surface area contributed by atoms with Crippen LogP contribution in [0.3, 0.4) is 0 Å². The minimum Gasteiger partial charge on any atom is -0.490 e. The van der Waals surface area contributed by atoms with Gasteiger partial charge in [-0.3, -0.25) is 0 Å². The van der Waals surface area contributed by atoms with Gasteiger partial charge in [0.25, 0.3) is 0 Å². The van der Waals surface area contributed by atoms with Crippen LogP contribution in [-0.2, 0) is 10.9 Å². The Bertz CT molecular complexity index is 1180. The molecule has 0 N–H and O–H groups in total. The van der Waals surface area contributed by atoms with Crippen LogP contribution < -0.4 is 9.64 Å². The molecule has 2 aliphatic rings. The Morgan fingerprint density at radius 3 is 2.30 bits per heavy atom. The Kier molecular flexibility index (Phi) is 8.47. The van der Waals surface area contributed by atoms with Crippen LogP contribution in [0.5, 0.6) is 5.75 Å². The molecule has 4 rings (SSSR count). The molecule has 194 valence electrons. The van der Waals surface area contributed by atoms with Crippen molar-refractivity contribution in [2.24, 2.45) is 0 Å². The van der Waals surface area contributed by atoms with E-state index in [1.165, 1.54) is 6.07 Å². The van der Waals surface area contributed by atoms with Gasteiger partial charge in [0.05, 0.1) is 41.6 Å². The standard InChI is InChI=1S/C26H26F3N5O2S/c27-26(28,29)23-13-22(3-2-19(23)15-31)36-21-6-4-20(5-7-21)35-17-25(37)34-11-9-33(10-12-34)24-8-1-18(14-30)16-32-24/h1-3,8,13,16,20-21H,4-7,9-12,17H2/t20-,21-. The Labute approximate surface area is 219 Å². The third-order valence-corrected chi connectivity index (χ3v) is 6.99. The average Bonchev–Trinajstić information content (AvgIpc) is 2.92. The van der Waals surface area contributed by atoms with Crippen molar-refractivity contribution in [3.8, 4) is 17.9 Å². The third kappa shape index (κ3) is 6.88. The Morgan fingerprint density at radius 1 is 1.00 bits per heavy atom. The minimum absolute atomic E-state index is 0.0219. The van der Waals surface area contributed by atoms with Crippen molar-refractivity contribution in [2.75, 3.05) is 37.7 Å². The number of hydrogen-bond acceptors (Lipinski definition) is 7. The number of nitrogens with zero attached hydrogens (tertiary/aromatic N) is 5. The van der Waals surface area contributed by atoms with Crippen LogP contribution in [0.4, 0.5) is 19.0 Å². The molecule has 0 radical (unpaired) electrons. The molecule has 1 saturated heterocycles. The first-order valence-electron chi connectivity index (χ1n) is 12.1. The summed E-state index contributed by atoms with van der Waals surface area (Å²) in [6.07, 6.45) is -0.435. The first-order valence-corrected chi connectivity index (χ1v) is 12.5. The molecule has 7 nitrogen and oxygen atoms in total. The molecule has 11 heteroatoms. The molecule has 2 heterocycles. The van der Waals surface area contributed by atoms with Gasteiger partial charge in [0.2, 0.25) is 0 Å². The Morgan fingerprint density at radius 2 is 1.70 bits per heavy atom. The van der Waals surface area contributed by atoms with Crippen molar-refractivity contribution < 1.29 is 22.6 Å². The summed E-state index contributed by atoms with van der Waals surface area (Å²) in [5.41, 5.74) is -0.863. The van der Waals surface area contributed by atoms with Crippen LogP contribution in [0.2, 0.25) is 0 Å². The molecule has 37 heavy (non-hydrogen) atoms. The van der Waals surface area contributed by atoms with Crippen LogP contribution in [0.15, 0.2) is 36.5 Å². The van der Waals surface area contributed by atoms with E-state index in [0.717, 1.165) is 62.0 Å². The van der Waals surface area contributed by atoms with Gasteiger partial charge in [0.1, 0.15) is 22.6 Å². The zero-order valence-corrected chi connectivity index (χ0v) is 20.9. The molecule has 1 aliphatic heterocycles. The summed E-state index contributed by atoms with van der Waals surface area (Å²) in [5, 5.41) is 17.9. The van der Waals surface area contributed by atoms with Crippen LogP contribution >= 0.6 is 12.2 Å². The van der Waals surface area contributed by atoms with E-state index in [1.807, 2.05) is 6.07 Å². The monoisotopic (exact) mass is 529 g/mol. The average molecular weight is 530 g/mol. The highest BCUT2D eigenvalue weighted by molar-refractivity contribution is 7.80. The molecule has 1 aromatic heterocycles. The summed E-state index contributed by atoms with van der Waals surface area (Å²) >= 11 is 5.59. The smallest absolute Gasteiger partial charge is 0.417 e. The molecule has 2 fully saturated rings. The van der Waals surface area contributed by atoms with Crippen LogP contribution in [0.1, 0.15) is 42.4 Å². The maximum absolute atomic E-state index is 13.2. The predicted molar refractivity (Wildman–Crippen MR) is 134 cm³/mol. The Hall–Kier alpha value is -3.41. The molecule has 0 unspecified atom stereocenters. The largest absolute Gasteiger partial charge is 0.490 e. The lowest BCUT2D eigenvalue weighted by atomic mass is 9.95. The second-order valence-electron chi connectivity index (χ2n) is 9.03. The van der Waals surface area contributed by atoms with Crippen molar-refractivity contribution in [3.05, 3.63) is 53.2 Å². The van der Waals surface area contributed by atoms with E-state index >= 15 is 0 Å². The minimum atomic E-state index is -4.61. The second-order valence-corrected chi connectivity index (χ2v) is 9.50. The number of aromatic nitrogens is 1. The van der Waals surface area contributed by atoms with E-state index < -0.39 is 17.3 Å². The third-order valence-electron chi connectivity index (χ3n) is 6.62. The molecule has 0 atom stereocenters.